The summed E-state index contributed by atoms with van der Waals surface area (Å²) in [7, 11) is 1.70. The Hall–Kier alpha value is -0.160. The highest BCUT2D eigenvalue weighted by Crippen LogP contribution is 2.54. The first-order chi connectivity index (χ1) is 8.79. The Bertz CT molecular complexity index is 238. The largest absolute Gasteiger partial charge is 0.392 e. The van der Waals surface area contributed by atoms with Crippen LogP contribution < -0.4 is 0 Å². The Morgan fingerprint density at radius 1 is 1.11 bits per heavy atom. The van der Waals surface area contributed by atoms with Gasteiger partial charge in [-0.25, -0.2) is 0 Å². The fourth-order valence-electron chi connectivity index (χ4n) is 3.31. The Balaban J connectivity index is 1.55. The van der Waals surface area contributed by atoms with E-state index in [9.17, 15) is 5.11 Å². The lowest BCUT2D eigenvalue weighted by atomic mass is 9.62. The first kappa shape index (κ1) is 14.3. The van der Waals surface area contributed by atoms with Crippen molar-refractivity contribution < 1.29 is 19.3 Å². The maximum Gasteiger partial charge on any atom is 0.0704 e. The summed E-state index contributed by atoms with van der Waals surface area (Å²) in [5.74, 6) is 0. The highest BCUT2D eigenvalue weighted by molar-refractivity contribution is 5.06. The smallest absolute Gasteiger partial charge is 0.0704 e. The molecule has 0 bridgehead atoms. The van der Waals surface area contributed by atoms with E-state index < -0.39 is 0 Å². The van der Waals surface area contributed by atoms with Gasteiger partial charge in [-0.15, -0.1) is 0 Å². The third-order valence-corrected chi connectivity index (χ3v) is 4.46. The SMILES string of the molecule is COCCCOCCOC1CC(O)C12CCCC2. The molecule has 0 aromatic rings. The minimum Gasteiger partial charge on any atom is -0.392 e. The molecular weight excluding hydrogens is 232 g/mol. The second kappa shape index (κ2) is 6.85. The van der Waals surface area contributed by atoms with Gasteiger partial charge < -0.3 is 19.3 Å². The molecule has 2 saturated carbocycles. The van der Waals surface area contributed by atoms with Gasteiger partial charge in [0.15, 0.2) is 0 Å². The maximum atomic E-state index is 9.94. The molecule has 0 aromatic heterocycles. The third-order valence-electron chi connectivity index (χ3n) is 4.46. The van der Waals surface area contributed by atoms with Crippen LogP contribution in [0.1, 0.15) is 38.5 Å². The van der Waals surface area contributed by atoms with Gasteiger partial charge in [0.2, 0.25) is 0 Å². The molecule has 4 heteroatoms. The second-order valence-electron chi connectivity index (χ2n) is 5.51. The fourth-order valence-corrected chi connectivity index (χ4v) is 3.31. The van der Waals surface area contributed by atoms with Gasteiger partial charge in [0.05, 0.1) is 25.4 Å². The van der Waals surface area contributed by atoms with Crippen LogP contribution >= 0.6 is 0 Å². The molecular formula is C14H26O4. The molecule has 0 aliphatic heterocycles. The second-order valence-corrected chi connectivity index (χ2v) is 5.51. The van der Waals surface area contributed by atoms with Crippen LogP contribution in [0.4, 0.5) is 0 Å². The number of rotatable bonds is 8. The minimum absolute atomic E-state index is 0.0933. The topological polar surface area (TPSA) is 47.9 Å². The van der Waals surface area contributed by atoms with Crippen LogP contribution in [0.15, 0.2) is 0 Å². The molecule has 0 heterocycles. The van der Waals surface area contributed by atoms with Crippen molar-refractivity contribution in [2.75, 3.05) is 33.5 Å². The van der Waals surface area contributed by atoms with Crippen molar-refractivity contribution in [2.24, 2.45) is 5.41 Å². The lowest BCUT2D eigenvalue weighted by molar-refractivity contribution is -0.193. The number of hydrogen-bond donors (Lipinski definition) is 1. The predicted molar refractivity (Wildman–Crippen MR) is 68.6 cm³/mol. The van der Waals surface area contributed by atoms with E-state index in [2.05, 4.69) is 0 Å². The van der Waals surface area contributed by atoms with Crippen molar-refractivity contribution in [3.8, 4) is 0 Å². The lowest BCUT2D eigenvalue weighted by Crippen LogP contribution is -2.56. The summed E-state index contributed by atoms with van der Waals surface area (Å²) < 4.78 is 16.3. The van der Waals surface area contributed by atoms with Crippen molar-refractivity contribution in [3.63, 3.8) is 0 Å². The molecule has 1 spiro atoms. The number of aliphatic hydroxyl groups excluding tert-OH is 1. The highest BCUT2D eigenvalue weighted by Gasteiger charge is 2.56. The Kier molecular flexibility index (Phi) is 5.42. The molecule has 0 radical (unpaired) electrons. The van der Waals surface area contributed by atoms with Crippen LogP contribution in [0.25, 0.3) is 0 Å². The van der Waals surface area contributed by atoms with Crippen molar-refractivity contribution in [2.45, 2.75) is 50.7 Å². The van der Waals surface area contributed by atoms with Gasteiger partial charge in [0.1, 0.15) is 0 Å². The van der Waals surface area contributed by atoms with E-state index >= 15 is 0 Å². The average Bonchev–Trinajstić information content (AvgIpc) is 2.88. The summed E-state index contributed by atoms with van der Waals surface area (Å²) in [5.41, 5.74) is 0.0933. The molecule has 4 nitrogen and oxygen atoms in total. The van der Waals surface area contributed by atoms with E-state index in [-0.39, 0.29) is 17.6 Å². The molecule has 106 valence electrons. The summed E-state index contributed by atoms with van der Waals surface area (Å²) in [6, 6.07) is 0. The first-order valence-corrected chi connectivity index (χ1v) is 7.16. The third kappa shape index (κ3) is 3.05. The van der Waals surface area contributed by atoms with Gasteiger partial charge in [-0.1, -0.05) is 12.8 Å². The van der Waals surface area contributed by atoms with Crippen LogP contribution in [-0.4, -0.2) is 50.9 Å². The standard InChI is InChI=1S/C14H26O4/c1-16-7-4-8-17-9-10-18-13-11-12(15)14(13)5-2-3-6-14/h12-13,15H,2-11H2,1H3. The van der Waals surface area contributed by atoms with Crippen molar-refractivity contribution >= 4 is 0 Å². The van der Waals surface area contributed by atoms with Crippen molar-refractivity contribution in [1.29, 1.82) is 0 Å². The molecule has 2 aliphatic carbocycles. The highest BCUT2D eigenvalue weighted by atomic mass is 16.5. The number of ether oxygens (including phenoxy) is 3. The van der Waals surface area contributed by atoms with Crippen molar-refractivity contribution in [3.05, 3.63) is 0 Å². The van der Waals surface area contributed by atoms with Gasteiger partial charge in [0, 0.05) is 32.2 Å². The number of aliphatic hydroxyl groups is 1. The van der Waals surface area contributed by atoms with Crippen LogP contribution in [-0.2, 0) is 14.2 Å². The Morgan fingerprint density at radius 2 is 1.89 bits per heavy atom. The molecule has 1 N–H and O–H groups in total. The van der Waals surface area contributed by atoms with E-state index in [1.165, 1.54) is 12.8 Å². The van der Waals surface area contributed by atoms with Gasteiger partial charge >= 0.3 is 0 Å². The van der Waals surface area contributed by atoms with E-state index in [1.54, 1.807) is 7.11 Å². The summed E-state index contributed by atoms with van der Waals surface area (Å²) in [6.45, 7) is 2.77. The van der Waals surface area contributed by atoms with Gasteiger partial charge in [-0.05, 0) is 19.3 Å². The zero-order chi connectivity index (χ0) is 12.8. The fraction of sp³-hybridized carbons (Fsp3) is 1.00. The molecule has 2 aliphatic rings. The van der Waals surface area contributed by atoms with Crippen LogP contribution in [0.2, 0.25) is 0 Å². The molecule has 0 amide bonds. The lowest BCUT2D eigenvalue weighted by Gasteiger charge is -2.51. The summed E-state index contributed by atoms with van der Waals surface area (Å²) in [6.07, 6.45) is 6.62. The zero-order valence-corrected chi connectivity index (χ0v) is 11.4. The van der Waals surface area contributed by atoms with Crippen LogP contribution in [0.3, 0.4) is 0 Å². The van der Waals surface area contributed by atoms with E-state index in [1.807, 2.05) is 0 Å². The van der Waals surface area contributed by atoms with Crippen molar-refractivity contribution in [1.82, 2.24) is 0 Å². The first-order valence-electron chi connectivity index (χ1n) is 7.16. The van der Waals surface area contributed by atoms with Gasteiger partial charge in [-0.2, -0.15) is 0 Å². The summed E-state index contributed by atoms with van der Waals surface area (Å²) in [5, 5.41) is 9.94. The monoisotopic (exact) mass is 258 g/mol. The van der Waals surface area contributed by atoms with Gasteiger partial charge in [0.25, 0.3) is 0 Å². The molecule has 2 atom stereocenters. The average molecular weight is 258 g/mol. The van der Waals surface area contributed by atoms with E-state index in [0.717, 1.165) is 38.9 Å². The zero-order valence-electron chi connectivity index (χ0n) is 11.4. The van der Waals surface area contributed by atoms with Crippen LogP contribution in [0.5, 0.6) is 0 Å². The normalized spacial score (nSPS) is 29.7. The Labute approximate surface area is 110 Å². The van der Waals surface area contributed by atoms with E-state index in [0.29, 0.717) is 13.2 Å². The van der Waals surface area contributed by atoms with Gasteiger partial charge in [-0.3, -0.25) is 0 Å². The molecule has 2 rings (SSSR count). The molecule has 0 saturated heterocycles. The summed E-state index contributed by atoms with van der Waals surface area (Å²) in [4.78, 5) is 0. The quantitative estimate of drug-likeness (QED) is 0.674. The van der Waals surface area contributed by atoms with Crippen LogP contribution in [0, 0.1) is 5.41 Å². The maximum absolute atomic E-state index is 9.94. The number of hydrogen-bond acceptors (Lipinski definition) is 4. The van der Waals surface area contributed by atoms with E-state index in [4.69, 9.17) is 14.2 Å². The molecule has 2 unspecified atom stereocenters. The molecule has 18 heavy (non-hydrogen) atoms. The Morgan fingerprint density at radius 3 is 2.56 bits per heavy atom. The minimum atomic E-state index is -0.132. The summed E-state index contributed by atoms with van der Waals surface area (Å²) >= 11 is 0. The number of methoxy groups -OCH3 is 1. The predicted octanol–water partition coefficient (Wildman–Crippen LogP) is 1.75. The molecule has 2 fully saturated rings. The molecule has 0 aromatic carbocycles.